The van der Waals surface area contributed by atoms with Gasteiger partial charge in [0.1, 0.15) is 0 Å². The lowest BCUT2D eigenvalue weighted by molar-refractivity contribution is 0.126. The first-order valence-corrected chi connectivity index (χ1v) is 6.02. The molecule has 2 unspecified atom stereocenters. The molecule has 1 N–H and O–H groups in total. The van der Waals surface area contributed by atoms with Gasteiger partial charge in [-0.25, -0.2) is 0 Å². The average Bonchev–Trinajstić information content (AvgIpc) is 2.52. The molecule has 1 saturated carbocycles. The van der Waals surface area contributed by atoms with Crippen LogP contribution in [0.15, 0.2) is 0 Å². The Morgan fingerprint density at radius 1 is 1.08 bits per heavy atom. The van der Waals surface area contributed by atoms with Crippen LogP contribution in [-0.4, -0.2) is 11.2 Å². The summed E-state index contributed by atoms with van der Waals surface area (Å²) in [6, 6.07) is 0. The van der Waals surface area contributed by atoms with E-state index in [0.717, 1.165) is 6.42 Å². The highest BCUT2D eigenvalue weighted by molar-refractivity contribution is 4.76. The van der Waals surface area contributed by atoms with E-state index in [1.165, 1.54) is 51.4 Å². The van der Waals surface area contributed by atoms with E-state index in [-0.39, 0.29) is 6.10 Å². The first-order chi connectivity index (χ1) is 6.34. The SMILES string of the molecule is CCCCCCCC1CCCC1O. The van der Waals surface area contributed by atoms with Crippen LogP contribution in [0, 0.1) is 5.92 Å². The number of aliphatic hydroxyl groups is 1. The first-order valence-electron chi connectivity index (χ1n) is 6.02. The number of unbranched alkanes of at least 4 members (excludes halogenated alkanes) is 4. The van der Waals surface area contributed by atoms with Gasteiger partial charge in [0, 0.05) is 0 Å². The van der Waals surface area contributed by atoms with E-state index >= 15 is 0 Å². The fourth-order valence-corrected chi connectivity index (χ4v) is 2.36. The van der Waals surface area contributed by atoms with Crippen molar-refractivity contribution in [2.45, 2.75) is 70.8 Å². The lowest BCUT2D eigenvalue weighted by Crippen LogP contribution is -2.12. The second kappa shape index (κ2) is 6.42. The van der Waals surface area contributed by atoms with Crippen molar-refractivity contribution in [3.8, 4) is 0 Å². The summed E-state index contributed by atoms with van der Waals surface area (Å²) >= 11 is 0. The Bertz CT molecular complexity index is 122. The largest absolute Gasteiger partial charge is 0.393 e. The lowest BCUT2D eigenvalue weighted by atomic mass is 9.97. The molecule has 1 aliphatic rings. The van der Waals surface area contributed by atoms with E-state index in [2.05, 4.69) is 6.92 Å². The summed E-state index contributed by atoms with van der Waals surface area (Å²) in [6.45, 7) is 2.25. The monoisotopic (exact) mass is 184 g/mol. The number of hydrogen-bond donors (Lipinski definition) is 1. The Morgan fingerprint density at radius 2 is 1.85 bits per heavy atom. The molecule has 1 nitrogen and oxygen atoms in total. The molecule has 0 spiro atoms. The highest BCUT2D eigenvalue weighted by Crippen LogP contribution is 2.29. The molecule has 0 aromatic carbocycles. The Hall–Kier alpha value is -0.0400. The van der Waals surface area contributed by atoms with Crippen molar-refractivity contribution in [3.63, 3.8) is 0 Å². The molecule has 1 fully saturated rings. The van der Waals surface area contributed by atoms with Crippen LogP contribution in [0.5, 0.6) is 0 Å². The van der Waals surface area contributed by atoms with E-state index in [0.29, 0.717) is 5.92 Å². The molecule has 0 bridgehead atoms. The highest BCUT2D eigenvalue weighted by atomic mass is 16.3. The van der Waals surface area contributed by atoms with E-state index in [4.69, 9.17) is 0 Å². The molecular formula is C12H24O. The number of aliphatic hydroxyl groups excluding tert-OH is 1. The molecule has 0 aromatic rings. The third-order valence-electron chi connectivity index (χ3n) is 3.30. The zero-order valence-electron chi connectivity index (χ0n) is 8.97. The van der Waals surface area contributed by atoms with Gasteiger partial charge in [-0.3, -0.25) is 0 Å². The predicted octanol–water partition coefficient (Wildman–Crippen LogP) is 3.51. The molecule has 0 aromatic heterocycles. The average molecular weight is 184 g/mol. The fraction of sp³-hybridized carbons (Fsp3) is 1.00. The van der Waals surface area contributed by atoms with Gasteiger partial charge in [-0.15, -0.1) is 0 Å². The Balaban J connectivity index is 1.93. The smallest absolute Gasteiger partial charge is 0.0568 e. The maximum Gasteiger partial charge on any atom is 0.0568 e. The maximum atomic E-state index is 9.59. The van der Waals surface area contributed by atoms with Gasteiger partial charge in [0.05, 0.1) is 6.10 Å². The Labute approximate surface area is 82.5 Å². The minimum atomic E-state index is 0.0335. The molecule has 78 valence electrons. The summed E-state index contributed by atoms with van der Waals surface area (Å²) in [5, 5.41) is 9.59. The van der Waals surface area contributed by atoms with Crippen LogP contribution in [0.2, 0.25) is 0 Å². The Morgan fingerprint density at radius 3 is 2.46 bits per heavy atom. The van der Waals surface area contributed by atoms with Crippen molar-refractivity contribution in [2.75, 3.05) is 0 Å². The van der Waals surface area contributed by atoms with Gasteiger partial charge in [-0.05, 0) is 25.2 Å². The normalized spacial score (nSPS) is 28.2. The van der Waals surface area contributed by atoms with Gasteiger partial charge in [0.25, 0.3) is 0 Å². The van der Waals surface area contributed by atoms with Gasteiger partial charge in [0.2, 0.25) is 0 Å². The molecular weight excluding hydrogens is 160 g/mol. The van der Waals surface area contributed by atoms with Crippen molar-refractivity contribution in [1.29, 1.82) is 0 Å². The van der Waals surface area contributed by atoms with Crippen LogP contribution < -0.4 is 0 Å². The third-order valence-corrected chi connectivity index (χ3v) is 3.30. The van der Waals surface area contributed by atoms with Crippen LogP contribution in [0.25, 0.3) is 0 Å². The van der Waals surface area contributed by atoms with E-state index in [1.54, 1.807) is 0 Å². The van der Waals surface area contributed by atoms with Gasteiger partial charge >= 0.3 is 0 Å². The second-order valence-corrected chi connectivity index (χ2v) is 4.46. The molecule has 0 radical (unpaired) electrons. The maximum absolute atomic E-state index is 9.59. The number of rotatable bonds is 6. The van der Waals surface area contributed by atoms with Gasteiger partial charge < -0.3 is 5.11 Å². The van der Waals surface area contributed by atoms with Crippen LogP contribution in [-0.2, 0) is 0 Å². The van der Waals surface area contributed by atoms with Gasteiger partial charge in [-0.2, -0.15) is 0 Å². The number of hydrogen-bond acceptors (Lipinski definition) is 1. The molecule has 0 saturated heterocycles. The zero-order valence-corrected chi connectivity index (χ0v) is 8.97. The molecule has 1 heteroatoms. The standard InChI is InChI=1S/C12H24O/c1-2-3-4-5-6-8-11-9-7-10-12(11)13/h11-13H,2-10H2,1H3. The molecule has 0 heterocycles. The summed E-state index contributed by atoms with van der Waals surface area (Å²) in [5.74, 6) is 0.640. The quantitative estimate of drug-likeness (QED) is 0.626. The van der Waals surface area contributed by atoms with Crippen molar-refractivity contribution >= 4 is 0 Å². The topological polar surface area (TPSA) is 20.2 Å². The first kappa shape index (κ1) is 11.0. The van der Waals surface area contributed by atoms with Crippen LogP contribution in [0.4, 0.5) is 0 Å². The molecule has 0 aliphatic heterocycles. The minimum Gasteiger partial charge on any atom is -0.393 e. The predicted molar refractivity (Wildman–Crippen MR) is 56.7 cm³/mol. The molecule has 13 heavy (non-hydrogen) atoms. The molecule has 1 rings (SSSR count). The summed E-state index contributed by atoms with van der Waals surface area (Å²) in [7, 11) is 0. The third kappa shape index (κ3) is 4.12. The Kier molecular flexibility index (Phi) is 5.45. The molecule has 2 atom stereocenters. The van der Waals surface area contributed by atoms with E-state index in [9.17, 15) is 5.11 Å². The lowest BCUT2D eigenvalue weighted by Gasteiger charge is -2.13. The van der Waals surface area contributed by atoms with Crippen LogP contribution in [0.3, 0.4) is 0 Å². The summed E-state index contributed by atoms with van der Waals surface area (Å²) < 4.78 is 0. The van der Waals surface area contributed by atoms with Gasteiger partial charge in [-0.1, -0.05) is 45.4 Å². The van der Waals surface area contributed by atoms with Crippen molar-refractivity contribution < 1.29 is 5.11 Å². The molecule has 0 amide bonds. The second-order valence-electron chi connectivity index (χ2n) is 4.46. The summed E-state index contributed by atoms with van der Waals surface area (Å²) in [4.78, 5) is 0. The van der Waals surface area contributed by atoms with Crippen LogP contribution >= 0.6 is 0 Å². The zero-order chi connectivity index (χ0) is 9.52. The minimum absolute atomic E-state index is 0.0335. The van der Waals surface area contributed by atoms with E-state index < -0.39 is 0 Å². The summed E-state index contributed by atoms with van der Waals surface area (Å²) in [5.41, 5.74) is 0. The van der Waals surface area contributed by atoms with Gasteiger partial charge in [0.15, 0.2) is 0 Å². The van der Waals surface area contributed by atoms with Crippen molar-refractivity contribution in [1.82, 2.24) is 0 Å². The van der Waals surface area contributed by atoms with Crippen molar-refractivity contribution in [3.05, 3.63) is 0 Å². The van der Waals surface area contributed by atoms with Crippen LogP contribution in [0.1, 0.15) is 64.7 Å². The highest BCUT2D eigenvalue weighted by Gasteiger charge is 2.23. The van der Waals surface area contributed by atoms with Crippen molar-refractivity contribution in [2.24, 2.45) is 5.92 Å². The van der Waals surface area contributed by atoms with E-state index in [1.807, 2.05) is 0 Å². The fourth-order valence-electron chi connectivity index (χ4n) is 2.36. The summed E-state index contributed by atoms with van der Waals surface area (Å²) in [6.07, 6.45) is 11.7. The molecule has 1 aliphatic carbocycles.